The number of aliphatic carboxylic acids is 1. The van der Waals surface area contributed by atoms with Gasteiger partial charge in [0.1, 0.15) is 17.5 Å². The van der Waals surface area contributed by atoms with Gasteiger partial charge in [-0.3, -0.25) is 4.79 Å². The second kappa shape index (κ2) is 11.6. The predicted octanol–water partition coefficient (Wildman–Crippen LogP) is 7.60. The molecule has 1 amide bonds. The molecule has 0 saturated carbocycles. The summed E-state index contributed by atoms with van der Waals surface area (Å²) >= 11 is 25.2. The van der Waals surface area contributed by atoms with Crippen molar-refractivity contribution in [3.8, 4) is 11.3 Å². The van der Waals surface area contributed by atoms with E-state index in [1.54, 1.807) is 49.4 Å². The van der Waals surface area contributed by atoms with Gasteiger partial charge in [-0.25, -0.2) is 4.79 Å². The lowest BCUT2D eigenvalue weighted by Crippen LogP contribution is -2.46. The monoisotopic (exact) mass is 576 g/mol. The SMILES string of the molecule is Cc1onc(-c2c(Cl)cccc2Cl)c1CN(C(=O)c1ccc(Cl)cc1Cl)C(Cc1ccccc1)C(=O)O. The van der Waals surface area contributed by atoms with Gasteiger partial charge in [0.15, 0.2) is 0 Å². The van der Waals surface area contributed by atoms with E-state index in [4.69, 9.17) is 50.9 Å². The van der Waals surface area contributed by atoms with Gasteiger partial charge in [-0.15, -0.1) is 0 Å². The van der Waals surface area contributed by atoms with Crippen LogP contribution in [0.5, 0.6) is 0 Å². The maximum absolute atomic E-state index is 13.9. The molecule has 1 N–H and O–H groups in total. The van der Waals surface area contributed by atoms with E-state index in [0.29, 0.717) is 37.6 Å². The van der Waals surface area contributed by atoms with Gasteiger partial charge in [0.2, 0.25) is 0 Å². The van der Waals surface area contributed by atoms with Gasteiger partial charge >= 0.3 is 5.97 Å². The van der Waals surface area contributed by atoms with Crippen LogP contribution in [-0.2, 0) is 17.8 Å². The molecule has 0 radical (unpaired) electrons. The normalized spacial score (nSPS) is 11.8. The summed E-state index contributed by atoms with van der Waals surface area (Å²) in [6.07, 6.45) is 0.0552. The van der Waals surface area contributed by atoms with Crippen LogP contribution in [0.15, 0.2) is 71.3 Å². The van der Waals surface area contributed by atoms with E-state index < -0.39 is 17.9 Å². The molecule has 0 spiro atoms. The second-order valence-electron chi connectivity index (χ2n) is 8.26. The summed E-state index contributed by atoms with van der Waals surface area (Å²) in [7, 11) is 0. The van der Waals surface area contributed by atoms with Gasteiger partial charge in [-0.2, -0.15) is 0 Å². The molecule has 0 saturated heterocycles. The maximum atomic E-state index is 13.9. The van der Waals surface area contributed by atoms with Crippen LogP contribution in [0, 0.1) is 6.92 Å². The van der Waals surface area contributed by atoms with E-state index in [0.717, 1.165) is 5.56 Å². The van der Waals surface area contributed by atoms with Crippen molar-refractivity contribution in [3.05, 3.63) is 109 Å². The Morgan fingerprint density at radius 3 is 2.24 bits per heavy atom. The van der Waals surface area contributed by atoms with Gasteiger partial charge in [-0.05, 0) is 42.8 Å². The fourth-order valence-electron chi connectivity index (χ4n) is 3.98. The molecule has 4 rings (SSSR count). The Morgan fingerprint density at radius 1 is 0.946 bits per heavy atom. The molecule has 3 aromatic carbocycles. The summed E-state index contributed by atoms with van der Waals surface area (Å²) in [6.45, 7) is 1.51. The topological polar surface area (TPSA) is 83.6 Å². The largest absolute Gasteiger partial charge is 0.480 e. The number of carbonyl (C=O) groups is 2. The molecule has 37 heavy (non-hydrogen) atoms. The van der Waals surface area contributed by atoms with Crippen LogP contribution in [0.4, 0.5) is 0 Å². The molecule has 0 aliphatic carbocycles. The third-order valence-electron chi connectivity index (χ3n) is 5.87. The highest BCUT2D eigenvalue weighted by Crippen LogP contribution is 2.38. The minimum Gasteiger partial charge on any atom is -0.480 e. The van der Waals surface area contributed by atoms with Crippen molar-refractivity contribution in [2.24, 2.45) is 0 Å². The van der Waals surface area contributed by atoms with Crippen molar-refractivity contribution in [1.82, 2.24) is 10.1 Å². The molecule has 0 bridgehead atoms. The smallest absolute Gasteiger partial charge is 0.326 e. The van der Waals surface area contributed by atoms with Gasteiger partial charge < -0.3 is 14.5 Å². The predicted molar refractivity (Wildman–Crippen MR) is 145 cm³/mol. The molecule has 10 heteroatoms. The fourth-order valence-corrected chi connectivity index (χ4v) is 5.04. The van der Waals surface area contributed by atoms with E-state index in [-0.39, 0.29) is 23.6 Å². The summed E-state index contributed by atoms with van der Waals surface area (Å²) in [5.41, 5.74) is 2.05. The van der Waals surface area contributed by atoms with Crippen molar-refractivity contribution in [1.29, 1.82) is 0 Å². The Hall–Kier alpha value is -3.03. The molecule has 0 aliphatic heterocycles. The van der Waals surface area contributed by atoms with Crippen molar-refractivity contribution in [2.45, 2.75) is 25.9 Å². The van der Waals surface area contributed by atoms with Crippen LogP contribution in [0.1, 0.15) is 27.2 Å². The summed E-state index contributed by atoms with van der Waals surface area (Å²) in [5.74, 6) is -1.40. The quantitative estimate of drug-likeness (QED) is 0.233. The lowest BCUT2D eigenvalue weighted by atomic mass is 10.0. The van der Waals surface area contributed by atoms with Crippen LogP contribution in [0.2, 0.25) is 20.1 Å². The number of rotatable bonds is 8. The number of carbonyl (C=O) groups excluding carboxylic acids is 1. The first-order valence-electron chi connectivity index (χ1n) is 11.1. The summed E-state index contributed by atoms with van der Waals surface area (Å²) in [4.78, 5) is 27.7. The van der Waals surface area contributed by atoms with Crippen LogP contribution in [0.25, 0.3) is 11.3 Å². The Morgan fingerprint density at radius 2 is 1.62 bits per heavy atom. The minimum atomic E-state index is -1.24. The standard InChI is InChI=1S/C27H20Cl4N2O4/c1-15-19(25(32-37-15)24-20(29)8-5-9-21(24)30)14-33(26(34)18-11-10-17(28)13-22(18)31)23(27(35)36)12-16-6-3-2-4-7-16/h2-11,13,23H,12,14H2,1H3,(H,35,36). The summed E-state index contributed by atoms with van der Waals surface area (Å²) < 4.78 is 5.45. The van der Waals surface area contributed by atoms with E-state index in [2.05, 4.69) is 5.16 Å². The Bertz CT molecular complexity index is 1440. The molecule has 0 aliphatic rings. The van der Waals surface area contributed by atoms with Gasteiger partial charge in [0, 0.05) is 22.6 Å². The number of hydrogen-bond acceptors (Lipinski definition) is 4. The molecule has 1 unspecified atom stereocenters. The first-order chi connectivity index (χ1) is 17.7. The van der Waals surface area contributed by atoms with Crippen LogP contribution < -0.4 is 0 Å². The molecule has 1 atom stereocenters. The number of aryl methyl sites for hydroxylation is 1. The fraction of sp³-hybridized carbons (Fsp3) is 0.148. The van der Waals surface area contributed by atoms with E-state index in [9.17, 15) is 14.7 Å². The van der Waals surface area contributed by atoms with E-state index in [1.165, 1.54) is 23.1 Å². The minimum absolute atomic E-state index is 0.0552. The summed E-state index contributed by atoms with van der Waals surface area (Å²) in [5, 5.41) is 15.5. The highest BCUT2D eigenvalue weighted by Gasteiger charge is 2.34. The molecule has 4 aromatic rings. The van der Waals surface area contributed by atoms with Crippen LogP contribution in [0.3, 0.4) is 0 Å². The highest BCUT2D eigenvalue weighted by molar-refractivity contribution is 6.39. The Balaban J connectivity index is 1.84. The molecule has 6 nitrogen and oxygen atoms in total. The summed E-state index contributed by atoms with van der Waals surface area (Å²) in [6, 6.07) is 17.2. The van der Waals surface area contributed by atoms with E-state index >= 15 is 0 Å². The maximum Gasteiger partial charge on any atom is 0.326 e. The molecular formula is C27H20Cl4N2O4. The lowest BCUT2D eigenvalue weighted by molar-refractivity contribution is -0.142. The number of carboxylic acid groups (broad SMARTS) is 1. The third kappa shape index (κ3) is 5.94. The number of amides is 1. The van der Waals surface area contributed by atoms with Gasteiger partial charge in [-0.1, -0.05) is 88.0 Å². The Kier molecular flexibility index (Phi) is 8.45. The highest BCUT2D eigenvalue weighted by atomic mass is 35.5. The first kappa shape index (κ1) is 27.0. The zero-order chi connectivity index (χ0) is 26.7. The number of halogens is 4. The average molecular weight is 578 g/mol. The molecule has 1 aromatic heterocycles. The first-order valence-corrected chi connectivity index (χ1v) is 12.6. The third-order valence-corrected chi connectivity index (χ3v) is 7.05. The van der Waals surface area contributed by atoms with Crippen LogP contribution >= 0.6 is 46.4 Å². The van der Waals surface area contributed by atoms with Crippen molar-refractivity contribution < 1.29 is 19.2 Å². The molecule has 1 heterocycles. The zero-order valence-electron chi connectivity index (χ0n) is 19.4. The van der Waals surface area contributed by atoms with Gasteiger partial charge in [0.25, 0.3) is 5.91 Å². The average Bonchev–Trinajstić information content (AvgIpc) is 3.21. The second-order valence-corrected chi connectivity index (χ2v) is 9.92. The zero-order valence-corrected chi connectivity index (χ0v) is 22.4. The van der Waals surface area contributed by atoms with Crippen molar-refractivity contribution >= 4 is 58.3 Å². The lowest BCUT2D eigenvalue weighted by Gasteiger charge is -2.30. The van der Waals surface area contributed by atoms with Gasteiger partial charge in [0.05, 0.1) is 27.2 Å². The van der Waals surface area contributed by atoms with Crippen LogP contribution in [-0.4, -0.2) is 33.1 Å². The van der Waals surface area contributed by atoms with Crippen molar-refractivity contribution in [3.63, 3.8) is 0 Å². The Labute approximate surface area is 233 Å². The number of hydrogen-bond donors (Lipinski definition) is 1. The number of carboxylic acids is 1. The molecular weight excluding hydrogens is 558 g/mol. The molecule has 190 valence electrons. The number of aromatic nitrogens is 1. The molecule has 0 fully saturated rings. The number of nitrogens with zero attached hydrogens (tertiary/aromatic N) is 2. The van der Waals surface area contributed by atoms with Crippen molar-refractivity contribution in [2.75, 3.05) is 0 Å². The number of benzene rings is 3. The van der Waals surface area contributed by atoms with E-state index in [1.807, 2.05) is 6.07 Å².